The number of rotatable bonds is 4. The smallest absolute Gasteiger partial charge is 0.138 e. The Balaban J connectivity index is 2.02. The Morgan fingerprint density at radius 2 is 1.89 bits per heavy atom. The molecule has 0 spiro atoms. The van der Waals surface area contributed by atoms with E-state index in [1.54, 1.807) is 6.07 Å². The van der Waals surface area contributed by atoms with Gasteiger partial charge in [0.15, 0.2) is 0 Å². The van der Waals surface area contributed by atoms with Crippen molar-refractivity contribution in [3.05, 3.63) is 63.1 Å². The monoisotopic (exact) mass is 339 g/mol. The fourth-order valence-corrected chi connectivity index (χ4v) is 2.29. The third-order valence-corrected chi connectivity index (χ3v) is 3.87. The van der Waals surface area contributed by atoms with Gasteiger partial charge in [-0.1, -0.05) is 51.8 Å². The van der Waals surface area contributed by atoms with E-state index in [0.29, 0.717) is 11.6 Å². The lowest BCUT2D eigenvalue weighted by Gasteiger charge is -2.15. The Labute approximate surface area is 126 Å². The van der Waals surface area contributed by atoms with Crippen LogP contribution in [0.25, 0.3) is 0 Å². The first kappa shape index (κ1) is 14.4. The number of aromatic hydroxyl groups is 1. The molecule has 0 aliphatic heterocycles. The maximum atomic E-state index is 9.84. The highest BCUT2D eigenvalue weighted by atomic mass is 79.9. The van der Waals surface area contributed by atoms with Crippen LogP contribution in [0.4, 0.5) is 0 Å². The van der Waals surface area contributed by atoms with Gasteiger partial charge in [-0.2, -0.15) is 0 Å². The Morgan fingerprint density at radius 3 is 2.58 bits per heavy atom. The number of hydrogen-bond donors (Lipinski definition) is 2. The summed E-state index contributed by atoms with van der Waals surface area (Å²) in [6.45, 7) is 2.66. The van der Waals surface area contributed by atoms with Crippen LogP contribution in [0, 0.1) is 0 Å². The van der Waals surface area contributed by atoms with Gasteiger partial charge in [-0.15, -0.1) is 0 Å². The minimum absolute atomic E-state index is 0.152. The molecule has 0 fully saturated rings. The lowest BCUT2D eigenvalue weighted by molar-refractivity contribution is 0.460. The maximum absolute atomic E-state index is 9.84. The first-order valence-corrected chi connectivity index (χ1v) is 7.20. The SMILES string of the molecule is C[C@H](NCc1cccc(Cl)c1O)c1ccc(Br)cc1. The van der Waals surface area contributed by atoms with Crippen molar-refractivity contribution >= 4 is 27.5 Å². The second-order valence-corrected chi connectivity index (χ2v) is 5.72. The minimum atomic E-state index is 0.152. The molecule has 0 aliphatic rings. The van der Waals surface area contributed by atoms with Gasteiger partial charge in [0.1, 0.15) is 5.75 Å². The molecule has 0 aliphatic carbocycles. The first-order chi connectivity index (χ1) is 9.08. The summed E-state index contributed by atoms with van der Waals surface area (Å²) in [4.78, 5) is 0. The van der Waals surface area contributed by atoms with Gasteiger partial charge in [0, 0.05) is 22.6 Å². The van der Waals surface area contributed by atoms with E-state index in [1.165, 1.54) is 5.56 Å². The van der Waals surface area contributed by atoms with Crippen LogP contribution in [0.1, 0.15) is 24.1 Å². The van der Waals surface area contributed by atoms with Crippen LogP contribution >= 0.6 is 27.5 Å². The molecule has 1 atom stereocenters. The molecule has 0 saturated carbocycles. The van der Waals surface area contributed by atoms with E-state index >= 15 is 0 Å². The third-order valence-electron chi connectivity index (χ3n) is 3.04. The van der Waals surface area contributed by atoms with Crippen molar-refractivity contribution in [2.45, 2.75) is 19.5 Å². The van der Waals surface area contributed by atoms with Gasteiger partial charge in [-0.3, -0.25) is 0 Å². The van der Waals surface area contributed by atoms with Gasteiger partial charge in [0.05, 0.1) is 5.02 Å². The standard InChI is InChI=1S/C15H15BrClNO/c1-10(11-5-7-13(16)8-6-11)18-9-12-3-2-4-14(17)15(12)19/h2-8,10,18-19H,9H2,1H3/t10-/m0/s1. The molecule has 2 N–H and O–H groups in total. The van der Waals surface area contributed by atoms with Crippen LogP contribution in [-0.2, 0) is 6.54 Å². The molecule has 0 aromatic heterocycles. The Hall–Kier alpha value is -1.03. The molecule has 0 unspecified atom stereocenters. The number of phenols is 1. The van der Waals surface area contributed by atoms with Crippen molar-refractivity contribution in [1.82, 2.24) is 5.32 Å². The highest BCUT2D eigenvalue weighted by Crippen LogP contribution is 2.27. The molecule has 0 bridgehead atoms. The van der Waals surface area contributed by atoms with Crippen molar-refractivity contribution in [2.24, 2.45) is 0 Å². The molecule has 0 radical (unpaired) electrons. The van der Waals surface area contributed by atoms with Crippen LogP contribution < -0.4 is 5.32 Å². The molecule has 2 rings (SSSR count). The maximum Gasteiger partial charge on any atom is 0.138 e. The molecule has 100 valence electrons. The third kappa shape index (κ3) is 3.72. The lowest BCUT2D eigenvalue weighted by atomic mass is 10.1. The second-order valence-electron chi connectivity index (χ2n) is 4.40. The zero-order valence-corrected chi connectivity index (χ0v) is 12.9. The van der Waals surface area contributed by atoms with Gasteiger partial charge in [0.2, 0.25) is 0 Å². The van der Waals surface area contributed by atoms with E-state index in [9.17, 15) is 5.11 Å². The van der Waals surface area contributed by atoms with Crippen molar-refractivity contribution in [1.29, 1.82) is 0 Å². The normalized spacial score (nSPS) is 12.4. The average molecular weight is 341 g/mol. The van der Waals surface area contributed by atoms with E-state index in [1.807, 2.05) is 24.3 Å². The number of para-hydroxylation sites is 1. The molecule has 0 heterocycles. The molecule has 2 aromatic carbocycles. The van der Waals surface area contributed by atoms with E-state index < -0.39 is 0 Å². The fourth-order valence-electron chi connectivity index (χ4n) is 1.84. The van der Waals surface area contributed by atoms with Crippen LogP contribution in [-0.4, -0.2) is 5.11 Å². The molecule has 2 aromatic rings. The molecule has 0 amide bonds. The highest BCUT2D eigenvalue weighted by Gasteiger charge is 2.08. The van der Waals surface area contributed by atoms with E-state index in [4.69, 9.17) is 11.6 Å². The first-order valence-electron chi connectivity index (χ1n) is 6.03. The van der Waals surface area contributed by atoms with Crippen molar-refractivity contribution in [2.75, 3.05) is 0 Å². The van der Waals surface area contributed by atoms with Crippen molar-refractivity contribution in [3.8, 4) is 5.75 Å². The molecule has 0 saturated heterocycles. The van der Waals surface area contributed by atoms with Gasteiger partial charge < -0.3 is 10.4 Å². The van der Waals surface area contributed by atoms with Crippen LogP contribution in [0.3, 0.4) is 0 Å². The van der Waals surface area contributed by atoms with Gasteiger partial charge in [-0.05, 0) is 30.7 Å². The number of phenolic OH excluding ortho intramolecular Hbond substituents is 1. The van der Waals surface area contributed by atoms with Gasteiger partial charge in [-0.25, -0.2) is 0 Å². The summed E-state index contributed by atoms with van der Waals surface area (Å²) in [7, 11) is 0. The Morgan fingerprint density at radius 1 is 1.21 bits per heavy atom. The van der Waals surface area contributed by atoms with Gasteiger partial charge in [0.25, 0.3) is 0 Å². The van der Waals surface area contributed by atoms with Crippen molar-refractivity contribution in [3.63, 3.8) is 0 Å². The van der Waals surface area contributed by atoms with Crippen LogP contribution in [0.2, 0.25) is 5.02 Å². The highest BCUT2D eigenvalue weighted by molar-refractivity contribution is 9.10. The number of hydrogen-bond acceptors (Lipinski definition) is 2. The zero-order chi connectivity index (χ0) is 13.8. The summed E-state index contributed by atoms with van der Waals surface area (Å²) in [6, 6.07) is 13.8. The largest absolute Gasteiger partial charge is 0.506 e. The number of benzene rings is 2. The lowest BCUT2D eigenvalue weighted by Crippen LogP contribution is -2.18. The summed E-state index contributed by atoms with van der Waals surface area (Å²) in [6.07, 6.45) is 0. The predicted octanol–water partition coefficient (Wildman–Crippen LogP) is 4.66. The summed E-state index contributed by atoms with van der Waals surface area (Å²) < 4.78 is 1.07. The zero-order valence-electron chi connectivity index (χ0n) is 10.5. The number of halogens is 2. The predicted molar refractivity (Wildman–Crippen MR) is 82.5 cm³/mol. The molecule has 4 heteroatoms. The second kappa shape index (κ2) is 6.42. The Bertz CT molecular complexity index is 557. The van der Waals surface area contributed by atoms with E-state index in [-0.39, 0.29) is 11.8 Å². The summed E-state index contributed by atoms with van der Waals surface area (Å²) in [5.41, 5.74) is 2.00. The molecule has 19 heavy (non-hydrogen) atoms. The van der Waals surface area contributed by atoms with Crippen LogP contribution in [0.15, 0.2) is 46.9 Å². The van der Waals surface area contributed by atoms with Crippen molar-refractivity contribution < 1.29 is 5.11 Å². The summed E-state index contributed by atoms with van der Waals surface area (Å²) in [5, 5.41) is 13.6. The topological polar surface area (TPSA) is 32.3 Å². The summed E-state index contributed by atoms with van der Waals surface area (Å²) >= 11 is 9.30. The van der Waals surface area contributed by atoms with Gasteiger partial charge >= 0.3 is 0 Å². The minimum Gasteiger partial charge on any atom is -0.506 e. The quantitative estimate of drug-likeness (QED) is 0.848. The number of nitrogens with one attached hydrogen (secondary N) is 1. The summed E-state index contributed by atoms with van der Waals surface area (Å²) in [5.74, 6) is 0.152. The van der Waals surface area contributed by atoms with Crippen LogP contribution in [0.5, 0.6) is 5.75 Å². The molecular formula is C15H15BrClNO. The van der Waals surface area contributed by atoms with E-state index in [0.717, 1.165) is 10.0 Å². The van der Waals surface area contributed by atoms with E-state index in [2.05, 4.69) is 40.3 Å². The Kier molecular flexibility index (Phi) is 4.86. The molecule has 2 nitrogen and oxygen atoms in total. The average Bonchev–Trinajstić information content (AvgIpc) is 2.41. The fraction of sp³-hybridized carbons (Fsp3) is 0.200. The molecular weight excluding hydrogens is 326 g/mol.